The van der Waals surface area contributed by atoms with Crippen LogP contribution in [0.15, 0.2) is 24.3 Å². The third kappa shape index (κ3) is 2.68. The molecule has 0 heterocycles. The van der Waals surface area contributed by atoms with Gasteiger partial charge in [0.05, 0.1) is 0 Å². The number of phenols is 3. The van der Waals surface area contributed by atoms with E-state index in [9.17, 15) is 15.3 Å². The zero-order valence-electron chi connectivity index (χ0n) is 12.8. The van der Waals surface area contributed by atoms with Gasteiger partial charge in [0.1, 0.15) is 5.75 Å². The molecule has 2 aromatic rings. The van der Waals surface area contributed by atoms with Crippen molar-refractivity contribution in [1.82, 2.24) is 0 Å². The summed E-state index contributed by atoms with van der Waals surface area (Å²) in [5.74, 6) is -0.521. The van der Waals surface area contributed by atoms with Gasteiger partial charge in [-0.2, -0.15) is 0 Å². The maximum atomic E-state index is 10.2. The van der Waals surface area contributed by atoms with E-state index >= 15 is 0 Å². The fraction of sp³-hybridized carbons (Fsp3) is 0.333. The smallest absolute Gasteiger partial charge is 0.165 e. The van der Waals surface area contributed by atoms with Gasteiger partial charge in [-0.05, 0) is 47.6 Å². The van der Waals surface area contributed by atoms with Gasteiger partial charge in [-0.1, -0.05) is 32.9 Å². The number of aryl methyl sites for hydroxylation is 2. The van der Waals surface area contributed by atoms with Crippen LogP contribution >= 0.6 is 0 Å². The van der Waals surface area contributed by atoms with Crippen molar-refractivity contribution < 1.29 is 15.3 Å². The maximum absolute atomic E-state index is 10.2. The van der Waals surface area contributed by atoms with Gasteiger partial charge in [-0.25, -0.2) is 0 Å². The summed E-state index contributed by atoms with van der Waals surface area (Å²) in [5, 5.41) is 29.8. The second-order valence-corrected chi connectivity index (χ2v) is 5.16. The summed E-state index contributed by atoms with van der Waals surface area (Å²) < 4.78 is 0. The van der Waals surface area contributed by atoms with Crippen molar-refractivity contribution in [2.75, 3.05) is 0 Å². The van der Waals surface area contributed by atoms with E-state index in [1.165, 1.54) is 11.6 Å². The Morgan fingerprint density at radius 1 is 0.810 bits per heavy atom. The molecular weight excluding hydrogens is 264 g/mol. The highest BCUT2D eigenvalue weighted by Gasteiger charge is 2.18. The highest BCUT2D eigenvalue weighted by Crippen LogP contribution is 2.43. The Hall–Kier alpha value is -2.16. The molecule has 21 heavy (non-hydrogen) atoms. The van der Waals surface area contributed by atoms with Crippen LogP contribution in [0, 0.1) is 0 Å². The van der Waals surface area contributed by atoms with Crippen LogP contribution < -0.4 is 0 Å². The first-order chi connectivity index (χ1) is 10.0. The third-order valence-electron chi connectivity index (χ3n) is 3.96. The lowest BCUT2D eigenvalue weighted by molar-refractivity contribution is 0.398. The Labute approximate surface area is 125 Å². The molecule has 0 bridgehead atoms. The van der Waals surface area contributed by atoms with E-state index in [1.807, 2.05) is 0 Å². The largest absolute Gasteiger partial charge is 0.508 e. The number of benzene rings is 2. The van der Waals surface area contributed by atoms with Crippen LogP contribution in [0.2, 0.25) is 0 Å². The highest BCUT2D eigenvalue weighted by atomic mass is 16.3. The van der Waals surface area contributed by atoms with E-state index in [-0.39, 0.29) is 17.2 Å². The van der Waals surface area contributed by atoms with Crippen molar-refractivity contribution in [2.45, 2.75) is 40.0 Å². The van der Waals surface area contributed by atoms with Crippen LogP contribution in [0.1, 0.15) is 37.5 Å². The molecule has 2 rings (SSSR count). The van der Waals surface area contributed by atoms with Crippen LogP contribution in [-0.2, 0) is 19.3 Å². The molecule has 0 fully saturated rings. The first kappa shape index (κ1) is 15.2. The van der Waals surface area contributed by atoms with Crippen LogP contribution in [0.25, 0.3) is 11.1 Å². The minimum atomic E-state index is -0.295. The molecule has 3 heteroatoms. The summed E-state index contributed by atoms with van der Waals surface area (Å²) in [6.45, 7) is 6.24. The molecule has 0 unspecified atom stereocenters. The molecule has 0 amide bonds. The van der Waals surface area contributed by atoms with Crippen molar-refractivity contribution in [1.29, 1.82) is 0 Å². The molecule has 0 aromatic heterocycles. The average molecular weight is 286 g/mol. The molecule has 3 N–H and O–H groups in total. The van der Waals surface area contributed by atoms with Crippen molar-refractivity contribution in [3.05, 3.63) is 41.0 Å². The monoisotopic (exact) mass is 286 g/mol. The van der Waals surface area contributed by atoms with E-state index in [4.69, 9.17) is 0 Å². The molecule has 3 nitrogen and oxygen atoms in total. The molecular formula is C18H22O3. The Morgan fingerprint density at radius 3 is 2.00 bits per heavy atom. The number of hydrogen-bond acceptors (Lipinski definition) is 3. The zero-order chi connectivity index (χ0) is 15.6. The fourth-order valence-corrected chi connectivity index (χ4v) is 2.90. The van der Waals surface area contributed by atoms with Gasteiger partial charge in [0.25, 0.3) is 0 Å². The Bertz CT molecular complexity index is 660. The topological polar surface area (TPSA) is 60.7 Å². The quantitative estimate of drug-likeness (QED) is 0.584. The molecule has 112 valence electrons. The van der Waals surface area contributed by atoms with Crippen LogP contribution in [-0.4, -0.2) is 15.3 Å². The summed E-state index contributed by atoms with van der Waals surface area (Å²) in [7, 11) is 0. The highest BCUT2D eigenvalue weighted by molar-refractivity contribution is 5.80. The summed E-state index contributed by atoms with van der Waals surface area (Å²) in [6.07, 6.45) is 2.57. The van der Waals surface area contributed by atoms with Gasteiger partial charge in [-0.15, -0.1) is 0 Å². The predicted molar refractivity (Wildman–Crippen MR) is 85.0 cm³/mol. The van der Waals surface area contributed by atoms with E-state index in [0.717, 1.165) is 42.0 Å². The number of phenolic OH excluding ortho intramolecular Hbond substituents is 3. The standard InChI is InChI=1S/C18H22O3/c1-4-11-7-8-12(5-2)17(14(11)6-3)15-9-13(19)10-16(20)18(15)21/h7-10,19-21H,4-6H2,1-3H3. The van der Waals surface area contributed by atoms with E-state index in [1.54, 1.807) is 0 Å². The minimum absolute atomic E-state index is 0.0497. The van der Waals surface area contributed by atoms with E-state index in [0.29, 0.717) is 5.56 Å². The summed E-state index contributed by atoms with van der Waals surface area (Å²) in [5.41, 5.74) is 4.92. The van der Waals surface area contributed by atoms with Crippen molar-refractivity contribution >= 4 is 0 Å². The number of rotatable bonds is 4. The molecule has 0 atom stereocenters. The molecule has 0 saturated carbocycles. The lowest BCUT2D eigenvalue weighted by Crippen LogP contribution is -2.00. The molecule has 0 spiro atoms. The van der Waals surface area contributed by atoms with Crippen molar-refractivity contribution in [2.24, 2.45) is 0 Å². The summed E-state index contributed by atoms with van der Waals surface area (Å²) in [4.78, 5) is 0. The van der Waals surface area contributed by atoms with Crippen LogP contribution in [0.4, 0.5) is 0 Å². The number of aromatic hydroxyl groups is 3. The molecule has 0 saturated heterocycles. The summed E-state index contributed by atoms with van der Waals surface area (Å²) >= 11 is 0. The van der Waals surface area contributed by atoms with Crippen molar-refractivity contribution in [3.8, 4) is 28.4 Å². The second kappa shape index (κ2) is 6.08. The van der Waals surface area contributed by atoms with Gasteiger partial charge in [0.15, 0.2) is 11.5 Å². The Balaban J connectivity index is 2.84. The van der Waals surface area contributed by atoms with Gasteiger partial charge in [-0.3, -0.25) is 0 Å². The van der Waals surface area contributed by atoms with E-state index < -0.39 is 0 Å². The molecule has 0 aliphatic heterocycles. The van der Waals surface area contributed by atoms with Gasteiger partial charge in [0.2, 0.25) is 0 Å². The molecule has 0 radical (unpaired) electrons. The lowest BCUT2D eigenvalue weighted by atomic mass is 9.87. The Morgan fingerprint density at radius 2 is 1.43 bits per heavy atom. The van der Waals surface area contributed by atoms with Crippen LogP contribution in [0.3, 0.4) is 0 Å². The Kier molecular flexibility index (Phi) is 4.41. The predicted octanol–water partition coefficient (Wildman–Crippen LogP) is 4.16. The molecule has 0 aliphatic rings. The van der Waals surface area contributed by atoms with Gasteiger partial charge in [0, 0.05) is 11.6 Å². The first-order valence-electron chi connectivity index (χ1n) is 7.42. The van der Waals surface area contributed by atoms with E-state index in [2.05, 4.69) is 32.9 Å². The molecule has 0 aliphatic carbocycles. The average Bonchev–Trinajstić information content (AvgIpc) is 2.49. The normalized spacial score (nSPS) is 10.8. The van der Waals surface area contributed by atoms with Crippen LogP contribution in [0.5, 0.6) is 17.2 Å². The van der Waals surface area contributed by atoms with Gasteiger partial charge >= 0.3 is 0 Å². The second-order valence-electron chi connectivity index (χ2n) is 5.16. The SMILES string of the molecule is CCc1ccc(CC)c(-c2cc(O)cc(O)c2O)c1CC. The molecule has 2 aromatic carbocycles. The lowest BCUT2D eigenvalue weighted by Gasteiger charge is -2.18. The zero-order valence-corrected chi connectivity index (χ0v) is 12.8. The minimum Gasteiger partial charge on any atom is -0.508 e. The van der Waals surface area contributed by atoms with Crippen molar-refractivity contribution in [3.63, 3.8) is 0 Å². The van der Waals surface area contributed by atoms with Gasteiger partial charge < -0.3 is 15.3 Å². The third-order valence-corrected chi connectivity index (χ3v) is 3.96. The first-order valence-corrected chi connectivity index (χ1v) is 7.42. The maximum Gasteiger partial charge on any atom is 0.165 e. The fourth-order valence-electron chi connectivity index (χ4n) is 2.90. The number of hydrogen-bond donors (Lipinski definition) is 3. The summed E-state index contributed by atoms with van der Waals surface area (Å²) in [6, 6.07) is 6.86.